The van der Waals surface area contributed by atoms with Crippen LogP contribution in [0.5, 0.6) is 0 Å². The van der Waals surface area contributed by atoms with Gasteiger partial charge in [0.15, 0.2) is 5.82 Å². The highest BCUT2D eigenvalue weighted by Gasteiger charge is 2.21. The molecule has 0 atom stereocenters. The molecule has 262 valence electrons. The SMILES string of the molecule is c1ccc(-c2cc(-c3nc(-c4ccc(N(c5ccccc5)c5ccc6ccccc6c5)cc4)nc4ccccc34)c3c(c2)oc2c4ccccc4ccc23)cc1. The van der Waals surface area contributed by atoms with Crippen LogP contribution in [-0.2, 0) is 0 Å². The smallest absolute Gasteiger partial charge is 0.160 e. The molecule has 9 aromatic carbocycles. The van der Waals surface area contributed by atoms with Crippen molar-refractivity contribution >= 4 is 71.4 Å². The number of nitrogens with zero attached hydrogens (tertiary/aromatic N) is 3. The zero-order chi connectivity index (χ0) is 37.0. The van der Waals surface area contributed by atoms with E-state index in [4.69, 9.17) is 14.4 Å². The number of aromatic nitrogens is 2. The maximum atomic E-state index is 6.80. The topological polar surface area (TPSA) is 42.2 Å². The van der Waals surface area contributed by atoms with Gasteiger partial charge in [0.25, 0.3) is 0 Å². The molecule has 0 fully saturated rings. The highest BCUT2D eigenvalue weighted by molar-refractivity contribution is 6.20. The summed E-state index contributed by atoms with van der Waals surface area (Å²) in [6, 6.07) is 70.2. The molecule has 0 unspecified atom stereocenters. The maximum absolute atomic E-state index is 6.80. The third-order valence-corrected chi connectivity index (χ3v) is 10.8. The minimum Gasteiger partial charge on any atom is -0.455 e. The van der Waals surface area contributed by atoms with Crippen LogP contribution in [0.2, 0.25) is 0 Å². The van der Waals surface area contributed by atoms with Crippen LogP contribution in [0, 0.1) is 0 Å². The second kappa shape index (κ2) is 13.1. The molecule has 0 aliphatic carbocycles. The van der Waals surface area contributed by atoms with E-state index in [9.17, 15) is 0 Å². The number of anilines is 3. The summed E-state index contributed by atoms with van der Waals surface area (Å²) in [4.78, 5) is 12.9. The van der Waals surface area contributed by atoms with Crippen LogP contribution in [-0.4, -0.2) is 9.97 Å². The number of hydrogen-bond donors (Lipinski definition) is 0. The van der Waals surface area contributed by atoms with E-state index < -0.39 is 0 Å². The molecule has 0 aliphatic rings. The molecular formula is C52H33N3O. The summed E-state index contributed by atoms with van der Waals surface area (Å²) in [5.74, 6) is 0.665. The first-order valence-electron chi connectivity index (χ1n) is 18.9. The van der Waals surface area contributed by atoms with E-state index in [1.165, 1.54) is 10.8 Å². The minimum absolute atomic E-state index is 0.665. The van der Waals surface area contributed by atoms with Gasteiger partial charge in [0, 0.05) is 49.7 Å². The Balaban J connectivity index is 1.10. The van der Waals surface area contributed by atoms with Crippen molar-refractivity contribution in [2.24, 2.45) is 0 Å². The molecule has 0 radical (unpaired) electrons. The Bertz CT molecular complexity index is 3240. The van der Waals surface area contributed by atoms with Gasteiger partial charge >= 0.3 is 0 Å². The Morgan fingerprint density at radius 1 is 0.393 bits per heavy atom. The third-order valence-electron chi connectivity index (χ3n) is 10.8. The lowest BCUT2D eigenvalue weighted by atomic mass is 9.94. The molecule has 0 bridgehead atoms. The Hall–Kier alpha value is -7.56. The van der Waals surface area contributed by atoms with Gasteiger partial charge in [0.2, 0.25) is 0 Å². The predicted molar refractivity (Wildman–Crippen MR) is 233 cm³/mol. The molecule has 0 spiro atoms. The largest absolute Gasteiger partial charge is 0.455 e. The highest BCUT2D eigenvalue weighted by atomic mass is 16.3. The van der Waals surface area contributed by atoms with Crippen LogP contribution < -0.4 is 4.90 Å². The van der Waals surface area contributed by atoms with Gasteiger partial charge in [-0.25, -0.2) is 9.97 Å². The van der Waals surface area contributed by atoms with Crippen LogP contribution in [0.15, 0.2) is 205 Å². The zero-order valence-corrected chi connectivity index (χ0v) is 30.3. The normalized spacial score (nSPS) is 11.6. The third kappa shape index (κ3) is 5.39. The van der Waals surface area contributed by atoms with Crippen LogP contribution >= 0.6 is 0 Å². The van der Waals surface area contributed by atoms with E-state index in [-0.39, 0.29) is 0 Å². The van der Waals surface area contributed by atoms with Crippen molar-refractivity contribution in [3.8, 4) is 33.8 Å². The van der Waals surface area contributed by atoms with E-state index >= 15 is 0 Å². The molecule has 11 aromatic rings. The molecule has 56 heavy (non-hydrogen) atoms. The molecular weight excluding hydrogens is 683 g/mol. The van der Waals surface area contributed by atoms with E-state index in [2.05, 4.69) is 193 Å². The van der Waals surface area contributed by atoms with Gasteiger partial charge in [-0.05, 0) is 100 Å². The molecule has 2 aromatic heterocycles. The summed E-state index contributed by atoms with van der Waals surface area (Å²) in [7, 11) is 0. The highest BCUT2D eigenvalue weighted by Crippen LogP contribution is 2.44. The van der Waals surface area contributed by atoms with Gasteiger partial charge in [-0.3, -0.25) is 0 Å². The first-order valence-corrected chi connectivity index (χ1v) is 18.9. The minimum atomic E-state index is 0.665. The number of fused-ring (bicyclic) bond motifs is 7. The maximum Gasteiger partial charge on any atom is 0.160 e. The lowest BCUT2D eigenvalue weighted by Crippen LogP contribution is -2.09. The quantitative estimate of drug-likeness (QED) is 0.172. The first kappa shape index (κ1) is 31.9. The number of rotatable bonds is 6. The second-order valence-electron chi connectivity index (χ2n) is 14.2. The van der Waals surface area contributed by atoms with Crippen LogP contribution in [0.4, 0.5) is 17.1 Å². The molecule has 4 heteroatoms. The lowest BCUT2D eigenvalue weighted by molar-refractivity contribution is 0.673. The van der Waals surface area contributed by atoms with E-state index in [1.54, 1.807) is 0 Å². The Labute approximate surface area is 323 Å². The summed E-state index contributed by atoms with van der Waals surface area (Å²) in [5, 5.41) is 7.75. The molecule has 0 saturated carbocycles. The van der Waals surface area contributed by atoms with Gasteiger partial charge in [-0.15, -0.1) is 0 Å². The van der Waals surface area contributed by atoms with Crippen molar-refractivity contribution in [1.82, 2.24) is 9.97 Å². The van der Waals surface area contributed by atoms with Gasteiger partial charge in [-0.2, -0.15) is 0 Å². The van der Waals surface area contributed by atoms with E-state index in [1.807, 2.05) is 12.1 Å². The van der Waals surface area contributed by atoms with Crippen LogP contribution in [0.25, 0.3) is 88.2 Å². The lowest BCUT2D eigenvalue weighted by Gasteiger charge is -2.26. The summed E-state index contributed by atoms with van der Waals surface area (Å²) in [6.45, 7) is 0. The average molecular weight is 716 g/mol. The van der Waals surface area contributed by atoms with Gasteiger partial charge in [-0.1, -0.05) is 127 Å². The molecule has 0 N–H and O–H groups in total. The first-order chi connectivity index (χ1) is 27.7. The number of furan rings is 1. The monoisotopic (exact) mass is 715 g/mol. The number of hydrogen-bond acceptors (Lipinski definition) is 4. The molecule has 0 amide bonds. The molecule has 0 saturated heterocycles. The Morgan fingerprint density at radius 3 is 1.86 bits per heavy atom. The fraction of sp³-hybridized carbons (Fsp3) is 0. The van der Waals surface area contributed by atoms with Crippen LogP contribution in [0.1, 0.15) is 0 Å². The van der Waals surface area contributed by atoms with Crippen molar-refractivity contribution in [2.75, 3.05) is 4.90 Å². The molecule has 11 rings (SSSR count). The molecule has 4 nitrogen and oxygen atoms in total. The Kier molecular flexibility index (Phi) is 7.46. The van der Waals surface area contributed by atoms with E-state index in [0.29, 0.717) is 5.82 Å². The van der Waals surface area contributed by atoms with Gasteiger partial charge in [0.1, 0.15) is 11.2 Å². The fourth-order valence-corrected chi connectivity index (χ4v) is 8.13. The van der Waals surface area contributed by atoms with Gasteiger partial charge in [0.05, 0.1) is 11.2 Å². The predicted octanol–water partition coefficient (Wildman–Crippen LogP) is 14.3. The fourth-order valence-electron chi connectivity index (χ4n) is 8.13. The molecule has 2 heterocycles. The Morgan fingerprint density at radius 2 is 1.04 bits per heavy atom. The van der Waals surface area contributed by atoms with Crippen molar-refractivity contribution in [3.63, 3.8) is 0 Å². The van der Waals surface area contributed by atoms with Gasteiger partial charge < -0.3 is 9.32 Å². The second-order valence-corrected chi connectivity index (χ2v) is 14.2. The number of benzene rings is 9. The van der Waals surface area contributed by atoms with Crippen molar-refractivity contribution in [3.05, 3.63) is 200 Å². The summed E-state index contributed by atoms with van der Waals surface area (Å²) < 4.78 is 6.80. The zero-order valence-electron chi connectivity index (χ0n) is 30.3. The summed E-state index contributed by atoms with van der Waals surface area (Å²) in [5.41, 5.74) is 10.8. The summed E-state index contributed by atoms with van der Waals surface area (Å²) >= 11 is 0. The standard InChI is InChI=1S/C52H33N3O/c1-3-13-34(14-4-1)39-32-46(49-45-30-26-36-16-9-10-20-43(36)51(45)56-48(49)33-39)50-44-21-11-12-22-47(44)53-52(54-50)37-24-27-41(28-25-37)55(40-18-5-2-6-19-40)42-29-23-35-15-7-8-17-38(35)31-42/h1-33H. The van der Waals surface area contributed by atoms with E-state index in [0.717, 1.165) is 88.6 Å². The van der Waals surface area contributed by atoms with Crippen molar-refractivity contribution in [2.45, 2.75) is 0 Å². The average Bonchev–Trinajstić information content (AvgIpc) is 3.66. The van der Waals surface area contributed by atoms with Crippen molar-refractivity contribution in [1.29, 1.82) is 0 Å². The van der Waals surface area contributed by atoms with Crippen LogP contribution in [0.3, 0.4) is 0 Å². The summed E-state index contributed by atoms with van der Waals surface area (Å²) in [6.07, 6.45) is 0. The number of para-hydroxylation sites is 2. The van der Waals surface area contributed by atoms with Crippen molar-refractivity contribution < 1.29 is 4.42 Å². The molecule has 0 aliphatic heterocycles.